The fourth-order valence-corrected chi connectivity index (χ4v) is 2.86. The zero-order chi connectivity index (χ0) is 9.23. The summed E-state index contributed by atoms with van der Waals surface area (Å²) >= 11 is 6.40. The standard InChI is InChI=1S/C10H22S2/c1-3-5-6-9-12-10(4-2)7-8-11/h10-11H,3-9H2,1-2H3. The van der Waals surface area contributed by atoms with Gasteiger partial charge in [-0.1, -0.05) is 26.7 Å². The molecule has 0 spiro atoms. The normalized spacial score (nSPS) is 13.2. The zero-order valence-corrected chi connectivity index (χ0v) is 10.1. The molecule has 74 valence electrons. The van der Waals surface area contributed by atoms with Crippen molar-refractivity contribution in [3.8, 4) is 0 Å². The molecule has 0 aromatic heterocycles. The monoisotopic (exact) mass is 206 g/mol. The molecule has 0 aliphatic heterocycles. The highest BCUT2D eigenvalue weighted by Crippen LogP contribution is 2.20. The van der Waals surface area contributed by atoms with Gasteiger partial charge in [0.1, 0.15) is 0 Å². The van der Waals surface area contributed by atoms with Gasteiger partial charge in [-0.05, 0) is 30.8 Å². The van der Waals surface area contributed by atoms with Crippen LogP contribution in [-0.2, 0) is 0 Å². The summed E-state index contributed by atoms with van der Waals surface area (Å²) in [6, 6.07) is 0. The molecular weight excluding hydrogens is 184 g/mol. The molecule has 0 rings (SSSR count). The maximum Gasteiger partial charge on any atom is 0.00521 e. The molecule has 1 atom stereocenters. The van der Waals surface area contributed by atoms with Crippen LogP contribution < -0.4 is 0 Å². The molecule has 0 amide bonds. The van der Waals surface area contributed by atoms with E-state index >= 15 is 0 Å². The van der Waals surface area contributed by atoms with E-state index in [0.717, 1.165) is 11.0 Å². The average molecular weight is 206 g/mol. The maximum atomic E-state index is 4.26. The lowest BCUT2D eigenvalue weighted by Crippen LogP contribution is -2.02. The highest BCUT2D eigenvalue weighted by Gasteiger charge is 2.04. The summed E-state index contributed by atoms with van der Waals surface area (Å²) in [5.41, 5.74) is 0. The summed E-state index contributed by atoms with van der Waals surface area (Å²) in [6.07, 6.45) is 6.70. The van der Waals surface area contributed by atoms with Gasteiger partial charge in [0.2, 0.25) is 0 Å². The van der Waals surface area contributed by atoms with Crippen LogP contribution in [-0.4, -0.2) is 16.8 Å². The first kappa shape index (κ1) is 12.7. The molecule has 0 fully saturated rings. The van der Waals surface area contributed by atoms with E-state index in [1.54, 1.807) is 0 Å². The van der Waals surface area contributed by atoms with Crippen LogP contribution in [0.15, 0.2) is 0 Å². The van der Waals surface area contributed by atoms with Crippen molar-refractivity contribution in [1.29, 1.82) is 0 Å². The van der Waals surface area contributed by atoms with Crippen molar-refractivity contribution in [1.82, 2.24) is 0 Å². The van der Waals surface area contributed by atoms with Crippen molar-refractivity contribution in [3.05, 3.63) is 0 Å². The van der Waals surface area contributed by atoms with Gasteiger partial charge in [0.15, 0.2) is 0 Å². The predicted molar refractivity (Wildman–Crippen MR) is 64.5 cm³/mol. The minimum Gasteiger partial charge on any atom is -0.179 e. The van der Waals surface area contributed by atoms with Gasteiger partial charge in [-0.2, -0.15) is 24.4 Å². The lowest BCUT2D eigenvalue weighted by Gasteiger charge is -2.12. The Hall–Kier alpha value is 0.700. The van der Waals surface area contributed by atoms with Gasteiger partial charge < -0.3 is 0 Å². The van der Waals surface area contributed by atoms with E-state index in [1.807, 2.05) is 0 Å². The Bertz CT molecular complexity index is 83.9. The Balaban J connectivity index is 3.19. The SMILES string of the molecule is CCCCCSC(CC)CCS. The third kappa shape index (κ3) is 7.35. The summed E-state index contributed by atoms with van der Waals surface area (Å²) < 4.78 is 0. The first-order valence-corrected chi connectivity index (χ1v) is 6.75. The number of unbranched alkanes of at least 4 members (excludes halogenated alkanes) is 2. The van der Waals surface area contributed by atoms with Crippen molar-refractivity contribution >= 4 is 24.4 Å². The van der Waals surface area contributed by atoms with Gasteiger partial charge >= 0.3 is 0 Å². The van der Waals surface area contributed by atoms with E-state index < -0.39 is 0 Å². The highest BCUT2D eigenvalue weighted by molar-refractivity contribution is 7.99. The molecule has 2 heteroatoms. The van der Waals surface area contributed by atoms with Crippen molar-refractivity contribution < 1.29 is 0 Å². The second kappa shape index (κ2) is 9.79. The van der Waals surface area contributed by atoms with Crippen LogP contribution >= 0.6 is 24.4 Å². The first-order valence-electron chi connectivity index (χ1n) is 5.07. The maximum absolute atomic E-state index is 4.26. The molecule has 0 radical (unpaired) electrons. The van der Waals surface area contributed by atoms with E-state index in [-0.39, 0.29) is 0 Å². The lowest BCUT2D eigenvalue weighted by atomic mass is 10.3. The van der Waals surface area contributed by atoms with Crippen LogP contribution in [0.5, 0.6) is 0 Å². The summed E-state index contributed by atoms with van der Waals surface area (Å²) in [5.74, 6) is 2.39. The van der Waals surface area contributed by atoms with E-state index in [9.17, 15) is 0 Å². The quantitative estimate of drug-likeness (QED) is 0.462. The summed E-state index contributed by atoms with van der Waals surface area (Å²) in [6.45, 7) is 4.54. The Morgan fingerprint density at radius 2 is 2.00 bits per heavy atom. The van der Waals surface area contributed by atoms with Crippen LogP contribution in [0.2, 0.25) is 0 Å². The van der Waals surface area contributed by atoms with Crippen LogP contribution in [0.3, 0.4) is 0 Å². The molecular formula is C10H22S2. The van der Waals surface area contributed by atoms with Crippen LogP contribution in [0.4, 0.5) is 0 Å². The van der Waals surface area contributed by atoms with Crippen LogP contribution in [0.25, 0.3) is 0 Å². The van der Waals surface area contributed by atoms with Crippen molar-refractivity contribution in [2.45, 2.75) is 51.2 Å². The van der Waals surface area contributed by atoms with E-state index in [2.05, 4.69) is 38.2 Å². The molecule has 0 aromatic rings. The van der Waals surface area contributed by atoms with Crippen molar-refractivity contribution in [3.63, 3.8) is 0 Å². The molecule has 0 aliphatic carbocycles. The smallest absolute Gasteiger partial charge is 0.00521 e. The molecule has 0 aromatic carbocycles. The van der Waals surface area contributed by atoms with Crippen molar-refractivity contribution in [2.24, 2.45) is 0 Å². The summed E-state index contributed by atoms with van der Waals surface area (Å²) in [5, 5.41) is 0.861. The Morgan fingerprint density at radius 1 is 1.25 bits per heavy atom. The van der Waals surface area contributed by atoms with Gasteiger partial charge in [-0.3, -0.25) is 0 Å². The largest absolute Gasteiger partial charge is 0.179 e. The third-order valence-corrected chi connectivity index (χ3v) is 3.83. The minimum atomic E-state index is 0.861. The molecule has 1 unspecified atom stereocenters. The topological polar surface area (TPSA) is 0 Å². The van der Waals surface area contributed by atoms with E-state index in [4.69, 9.17) is 0 Å². The summed E-state index contributed by atoms with van der Waals surface area (Å²) in [7, 11) is 0. The molecule has 0 saturated carbocycles. The van der Waals surface area contributed by atoms with Gasteiger partial charge in [0, 0.05) is 5.25 Å². The predicted octanol–water partition coefficient (Wildman–Crippen LogP) is 4.01. The molecule has 0 nitrogen and oxygen atoms in total. The zero-order valence-electron chi connectivity index (χ0n) is 8.38. The van der Waals surface area contributed by atoms with Crippen LogP contribution in [0, 0.1) is 0 Å². The van der Waals surface area contributed by atoms with Gasteiger partial charge in [-0.25, -0.2) is 0 Å². The Morgan fingerprint density at radius 3 is 2.50 bits per heavy atom. The second-order valence-corrected chi connectivity index (χ2v) is 4.98. The molecule has 0 N–H and O–H groups in total. The number of thiol groups is 1. The third-order valence-electron chi connectivity index (χ3n) is 2.01. The summed E-state index contributed by atoms with van der Waals surface area (Å²) in [4.78, 5) is 0. The Labute approximate surface area is 87.3 Å². The van der Waals surface area contributed by atoms with Crippen LogP contribution in [0.1, 0.15) is 46.0 Å². The lowest BCUT2D eigenvalue weighted by molar-refractivity contribution is 0.766. The highest BCUT2D eigenvalue weighted by atomic mass is 32.2. The first-order chi connectivity index (χ1) is 5.85. The second-order valence-electron chi connectivity index (χ2n) is 3.12. The molecule has 12 heavy (non-hydrogen) atoms. The van der Waals surface area contributed by atoms with E-state index in [1.165, 1.54) is 37.9 Å². The number of hydrogen-bond acceptors (Lipinski definition) is 2. The number of rotatable bonds is 8. The number of hydrogen-bond donors (Lipinski definition) is 1. The molecule has 0 aliphatic rings. The fraction of sp³-hybridized carbons (Fsp3) is 1.00. The van der Waals surface area contributed by atoms with Gasteiger partial charge in [0.25, 0.3) is 0 Å². The van der Waals surface area contributed by atoms with Gasteiger partial charge in [-0.15, -0.1) is 0 Å². The molecule has 0 saturated heterocycles. The van der Waals surface area contributed by atoms with Gasteiger partial charge in [0.05, 0.1) is 0 Å². The van der Waals surface area contributed by atoms with E-state index in [0.29, 0.717) is 0 Å². The molecule has 0 heterocycles. The average Bonchev–Trinajstić information content (AvgIpc) is 2.10. The Kier molecular flexibility index (Phi) is 10.4. The minimum absolute atomic E-state index is 0.861. The number of thioether (sulfide) groups is 1. The van der Waals surface area contributed by atoms with Crippen molar-refractivity contribution in [2.75, 3.05) is 11.5 Å². The fourth-order valence-electron chi connectivity index (χ4n) is 1.15. The molecule has 0 bridgehead atoms.